The fourth-order valence-corrected chi connectivity index (χ4v) is 3.84. The number of sulfonamides is 1. The first-order valence-corrected chi connectivity index (χ1v) is 9.76. The highest BCUT2D eigenvalue weighted by Crippen LogP contribution is 2.29. The minimum atomic E-state index is -3.69. The number of hydrogen-bond donors (Lipinski definition) is 1. The normalized spacial score (nSPS) is 15.0. The molecule has 2 aromatic carbocycles. The van der Waals surface area contributed by atoms with Crippen molar-refractivity contribution in [1.29, 1.82) is 0 Å². The van der Waals surface area contributed by atoms with Crippen LogP contribution in [0.25, 0.3) is 0 Å². The Morgan fingerprint density at radius 2 is 2.00 bits per heavy atom. The molecule has 0 aliphatic carbocycles. The maximum Gasteiger partial charge on any atom is 0.285 e. The van der Waals surface area contributed by atoms with Crippen LogP contribution in [-0.4, -0.2) is 33.5 Å². The molecule has 0 atom stereocenters. The molecule has 24 heavy (non-hydrogen) atoms. The number of rotatable bonds is 4. The first kappa shape index (κ1) is 16.5. The molecule has 1 amide bonds. The van der Waals surface area contributed by atoms with E-state index in [1.807, 2.05) is 24.5 Å². The van der Waals surface area contributed by atoms with Crippen molar-refractivity contribution in [3.8, 4) is 0 Å². The number of carbonyl (C=O) groups is 1. The van der Waals surface area contributed by atoms with Crippen LogP contribution in [0.3, 0.4) is 0 Å². The van der Waals surface area contributed by atoms with Gasteiger partial charge in [0.1, 0.15) is 17.8 Å². The van der Waals surface area contributed by atoms with Crippen LogP contribution in [0, 0.1) is 0 Å². The van der Waals surface area contributed by atoms with Crippen LogP contribution in [-0.2, 0) is 14.8 Å². The van der Waals surface area contributed by atoms with Gasteiger partial charge in [0.25, 0.3) is 10.0 Å². The highest BCUT2D eigenvalue weighted by molar-refractivity contribution is 7.98. The molecule has 0 fully saturated rings. The van der Waals surface area contributed by atoms with Crippen molar-refractivity contribution in [2.45, 2.75) is 9.79 Å². The van der Waals surface area contributed by atoms with Gasteiger partial charge in [-0.25, -0.2) is 0 Å². The third-order valence-corrected chi connectivity index (χ3v) is 5.44. The molecule has 0 spiro atoms. The number of para-hydroxylation sites is 1. The molecule has 0 saturated heterocycles. The lowest BCUT2D eigenvalue weighted by Gasteiger charge is -2.24. The third kappa shape index (κ3) is 3.44. The summed E-state index contributed by atoms with van der Waals surface area (Å²) < 4.78 is 27.4. The van der Waals surface area contributed by atoms with Gasteiger partial charge in [0, 0.05) is 10.6 Å². The van der Waals surface area contributed by atoms with Gasteiger partial charge < -0.3 is 10.2 Å². The molecule has 3 rings (SSSR count). The Morgan fingerprint density at radius 3 is 2.79 bits per heavy atom. The fourth-order valence-electron chi connectivity index (χ4n) is 2.33. The van der Waals surface area contributed by atoms with Gasteiger partial charge in [-0.2, -0.15) is 8.42 Å². The summed E-state index contributed by atoms with van der Waals surface area (Å²) in [5.74, 6) is -0.256. The zero-order chi connectivity index (χ0) is 17.2. The third-order valence-electron chi connectivity index (χ3n) is 3.45. The van der Waals surface area contributed by atoms with E-state index in [4.69, 9.17) is 0 Å². The van der Waals surface area contributed by atoms with Gasteiger partial charge in [0.2, 0.25) is 5.91 Å². The van der Waals surface area contributed by atoms with E-state index >= 15 is 0 Å². The second-order valence-electron chi connectivity index (χ2n) is 5.07. The van der Waals surface area contributed by atoms with E-state index in [2.05, 4.69) is 9.71 Å². The van der Waals surface area contributed by atoms with Crippen LogP contribution in [0.15, 0.2) is 62.7 Å². The highest BCUT2D eigenvalue weighted by atomic mass is 32.2. The standard InChI is InChI=1S/C16H15N3O3S2/c1-23-13-6-4-5-12(9-13)18-16(20)10-19-11-17-24(21,22)15-8-3-2-7-14(15)19/h2-9,11H,10H2,1H3,(H,18,20). The van der Waals surface area contributed by atoms with Gasteiger partial charge in [0.05, 0.1) is 5.69 Å². The molecule has 0 bridgehead atoms. The number of thioether (sulfide) groups is 1. The number of nitrogens with one attached hydrogen (secondary N) is 1. The summed E-state index contributed by atoms with van der Waals surface area (Å²) in [5.41, 5.74) is 1.14. The molecule has 0 radical (unpaired) electrons. The van der Waals surface area contributed by atoms with E-state index < -0.39 is 10.0 Å². The molecule has 6 nitrogen and oxygen atoms in total. The maximum atomic E-state index is 12.3. The maximum absolute atomic E-state index is 12.3. The van der Waals surface area contributed by atoms with Crippen LogP contribution in [0.2, 0.25) is 0 Å². The van der Waals surface area contributed by atoms with Gasteiger partial charge in [-0.05, 0) is 36.6 Å². The lowest BCUT2D eigenvalue weighted by atomic mass is 10.3. The number of fused-ring (bicyclic) bond motifs is 1. The summed E-state index contributed by atoms with van der Waals surface area (Å²) in [6, 6.07) is 14.0. The number of anilines is 2. The molecular weight excluding hydrogens is 346 g/mol. The number of hydrogen-bond acceptors (Lipinski definition) is 5. The van der Waals surface area contributed by atoms with Crippen molar-refractivity contribution < 1.29 is 13.2 Å². The smallest absolute Gasteiger partial charge is 0.285 e. The van der Waals surface area contributed by atoms with Crippen molar-refractivity contribution in [2.24, 2.45) is 4.40 Å². The summed E-state index contributed by atoms with van der Waals surface area (Å²) in [5, 5.41) is 2.81. The SMILES string of the molecule is CSc1cccc(NC(=O)CN2C=NS(=O)(=O)c3ccccc32)c1. The Hall–Kier alpha value is -2.32. The minimum absolute atomic E-state index is 0.0282. The summed E-state index contributed by atoms with van der Waals surface area (Å²) in [6.07, 6.45) is 3.14. The Labute approximate surface area is 144 Å². The van der Waals surface area contributed by atoms with Gasteiger partial charge >= 0.3 is 0 Å². The summed E-state index contributed by atoms with van der Waals surface area (Å²) in [6.45, 7) is -0.0282. The van der Waals surface area contributed by atoms with Gasteiger partial charge in [-0.3, -0.25) is 4.79 Å². The molecule has 1 N–H and O–H groups in total. The molecule has 0 saturated carbocycles. The van der Waals surface area contributed by atoms with E-state index in [1.165, 1.54) is 17.3 Å². The second kappa shape index (κ2) is 6.66. The second-order valence-corrected chi connectivity index (χ2v) is 7.55. The van der Waals surface area contributed by atoms with Crippen LogP contribution in [0.5, 0.6) is 0 Å². The van der Waals surface area contributed by atoms with Crippen LogP contribution >= 0.6 is 11.8 Å². The number of benzene rings is 2. The van der Waals surface area contributed by atoms with Crippen molar-refractivity contribution in [3.63, 3.8) is 0 Å². The summed E-state index contributed by atoms with van der Waals surface area (Å²) in [4.78, 5) is 14.9. The van der Waals surface area contributed by atoms with Crippen LogP contribution in [0.4, 0.5) is 11.4 Å². The van der Waals surface area contributed by atoms with E-state index in [9.17, 15) is 13.2 Å². The van der Waals surface area contributed by atoms with E-state index in [-0.39, 0.29) is 17.3 Å². The Kier molecular flexibility index (Phi) is 4.59. The molecule has 0 aromatic heterocycles. The van der Waals surface area contributed by atoms with E-state index in [1.54, 1.807) is 36.0 Å². The predicted molar refractivity (Wildman–Crippen MR) is 96.3 cm³/mol. The van der Waals surface area contributed by atoms with Crippen molar-refractivity contribution in [2.75, 3.05) is 23.0 Å². The van der Waals surface area contributed by atoms with E-state index in [0.29, 0.717) is 11.4 Å². The van der Waals surface area contributed by atoms with Gasteiger partial charge in [0.15, 0.2) is 0 Å². The predicted octanol–water partition coefficient (Wildman–Crippen LogP) is 2.58. The molecule has 1 aliphatic rings. The monoisotopic (exact) mass is 361 g/mol. The van der Waals surface area contributed by atoms with Crippen LogP contribution < -0.4 is 10.2 Å². The average Bonchev–Trinajstić information content (AvgIpc) is 2.58. The Bertz CT molecular complexity index is 910. The van der Waals surface area contributed by atoms with Gasteiger partial charge in [-0.15, -0.1) is 16.2 Å². The molecule has 1 heterocycles. The number of carbonyl (C=O) groups excluding carboxylic acids is 1. The minimum Gasteiger partial charge on any atom is -0.324 e. The zero-order valence-electron chi connectivity index (χ0n) is 12.8. The largest absolute Gasteiger partial charge is 0.324 e. The zero-order valence-corrected chi connectivity index (χ0v) is 14.5. The number of nitrogens with zero attached hydrogens (tertiary/aromatic N) is 2. The average molecular weight is 361 g/mol. The van der Waals surface area contributed by atoms with Crippen LogP contribution in [0.1, 0.15) is 0 Å². The first-order chi connectivity index (χ1) is 11.5. The summed E-state index contributed by atoms with van der Waals surface area (Å²) in [7, 11) is -3.69. The van der Waals surface area contributed by atoms with E-state index in [0.717, 1.165) is 4.90 Å². The molecule has 124 valence electrons. The topological polar surface area (TPSA) is 78.8 Å². The molecule has 8 heteroatoms. The molecular formula is C16H15N3O3S2. The van der Waals surface area contributed by atoms with Gasteiger partial charge in [-0.1, -0.05) is 18.2 Å². The fraction of sp³-hybridized carbons (Fsp3) is 0.125. The molecule has 2 aromatic rings. The molecule has 0 unspecified atom stereocenters. The van der Waals surface area contributed by atoms with Crippen molar-refractivity contribution in [1.82, 2.24) is 0 Å². The van der Waals surface area contributed by atoms with Crippen molar-refractivity contribution in [3.05, 3.63) is 48.5 Å². The molecule has 1 aliphatic heterocycles. The summed E-state index contributed by atoms with van der Waals surface area (Å²) >= 11 is 1.59. The first-order valence-electron chi connectivity index (χ1n) is 7.10. The lowest BCUT2D eigenvalue weighted by Crippen LogP contribution is -2.35. The number of amides is 1. The van der Waals surface area contributed by atoms with Crippen molar-refractivity contribution >= 4 is 45.4 Å². The Morgan fingerprint density at radius 1 is 1.21 bits per heavy atom. The Balaban J connectivity index is 1.78. The lowest BCUT2D eigenvalue weighted by molar-refractivity contribution is -0.114. The highest BCUT2D eigenvalue weighted by Gasteiger charge is 2.25. The quantitative estimate of drug-likeness (QED) is 0.847.